The number of nitrogens with one attached hydrogen (secondary N) is 1. The van der Waals surface area contributed by atoms with Gasteiger partial charge in [0.2, 0.25) is 5.91 Å². The molecule has 140 valence electrons. The van der Waals surface area contributed by atoms with E-state index in [4.69, 9.17) is 0 Å². The van der Waals surface area contributed by atoms with Crippen molar-refractivity contribution in [1.29, 1.82) is 0 Å². The molecule has 2 saturated heterocycles. The van der Waals surface area contributed by atoms with E-state index in [2.05, 4.69) is 5.32 Å². The van der Waals surface area contributed by atoms with Gasteiger partial charge < -0.3 is 20.2 Å². The van der Waals surface area contributed by atoms with Gasteiger partial charge in [-0.2, -0.15) is 0 Å². The molecule has 2 heterocycles. The Balaban J connectivity index is 1.61. The fourth-order valence-corrected chi connectivity index (χ4v) is 4.36. The molecule has 0 aromatic heterocycles. The maximum atomic E-state index is 12.7. The lowest BCUT2D eigenvalue weighted by atomic mass is 9.81. The Labute approximate surface area is 148 Å². The molecule has 1 saturated carbocycles. The Morgan fingerprint density at radius 3 is 2.16 bits per heavy atom. The summed E-state index contributed by atoms with van der Waals surface area (Å²) >= 11 is 0. The quantitative estimate of drug-likeness (QED) is 0.811. The van der Waals surface area contributed by atoms with Crippen LogP contribution in [0.1, 0.15) is 57.8 Å². The average molecular weight is 351 g/mol. The minimum absolute atomic E-state index is 0.0283. The third-order valence-electron chi connectivity index (χ3n) is 5.92. The Morgan fingerprint density at radius 1 is 0.880 bits per heavy atom. The van der Waals surface area contributed by atoms with E-state index in [1.54, 1.807) is 4.90 Å². The van der Waals surface area contributed by atoms with Crippen molar-refractivity contribution in [3.8, 4) is 0 Å². The van der Waals surface area contributed by atoms with Gasteiger partial charge in [0.25, 0.3) is 0 Å². The van der Waals surface area contributed by atoms with Crippen molar-refractivity contribution in [3.05, 3.63) is 0 Å². The second kappa shape index (κ2) is 7.62. The molecule has 3 fully saturated rings. The second-order valence-corrected chi connectivity index (χ2v) is 7.70. The standard InChI is InChI=1S/C18H29N3O4/c22-15(19-18(16(23)24)8-2-1-3-9-18)14-7-6-12-21(13-14)17(25)20-10-4-5-11-20/h14H,1-13H2,(H,19,22)(H,23,24). The summed E-state index contributed by atoms with van der Waals surface area (Å²) in [7, 11) is 0. The third-order valence-corrected chi connectivity index (χ3v) is 5.92. The summed E-state index contributed by atoms with van der Waals surface area (Å²) < 4.78 is 0. The van der Waals surface area contributed by atoms with Crippen LogP contribution >= 0.6 is 0 Å². The average Bonchev–Trinajstić information content (AvgIpc) is 3.16. The summed E-state index contributed by atoms with van der Waals surface area (Å²) in [5.74, 6) is -1.44. The van der Waals surface area contributed by atoms with E-state index >= 15 is 0 Å². The highest BCUT2D eigenvalue weighted by Crippen LogP contribution is 2.30. The van der Waals surface area contributed by atoms with Crippen LogP contribution in [0.25, 0.3) is 0 Å². The number of hydrogen-bond acceptors (Lipinski definition) is 3. The second-order valence-electron chi connectivity index (χ2n) is 7.70. The first-order valence-corrected chi connectivity index (χ1v) is 9.61. The van der Waals surface area contributed by atoms with Gasteiger partial charge >= 0.3 is 12.0 Å². The molecule has 0 spiro atoms. The van der Waals surface area contributed by atoms with Crippen LogP contribution in [0.15, 0.2) is 0 Å². The number of carbonyl (C=O) groups excluding carboxylic acids is 2. The van der Waals surface area contributed by atoms with Gasteiger partial charge in [0.15, 0.2) is 0 Å². The zero-order valence-corrected chi connectivity index (χ0v) is 14.8. The highest BCUT2D eigenvalue weighted by molar-refractivity contribution is 5.88. The monoisotopic (exact) mass is 351 g/mol. The molecule has 25 heavy (non-hydrogen) atoms. The highest BCUT2D eigenvalue weighted by atomic mass is 16.4. The predicted molar refractivity (Wildman–Crippen MR) is 92.1 cm³/mol. The molecule has 0 radical (unpaired) electrons. The van der Waals surface area contributed by atoms with Crippen LogP contribution in [-0.2, 0) is 9.59 Å². The molecular formula is C18H29N3O4. The topological polar surface area (TPSA) is 90.0 Å². The van der Waals surface area contributed by atoms with Crippen molar-refractivity contribution in [2.24, 2.45) is 5.92 Å². The van der Waals surface area contributed by atoms with Gasteiger partial charge in [-0.15, -0.1) is 0 Å². The van der Waals surface area contributed by atoms with Gasteiger partial charge in [0, 0.05) is 26.2 Å². The summed E-state index contributed by atoms with van der Waals surface area (Å²) in [6, 6.07) is 0.0283. The molecule has 7 nitrogen and oxygen atoms in total. The molecule has 3 aliphatic rings. The van der Waals surface area contributed by atoms with E-state index < -0.39 is 11.5 Å². The van der Waals surface area contributed by atoms with Gasteiger partial charge in [-0.25, -0.2) is 9.59 Å². The summed E-state index contributed by atoms with van der Waals surface area (Å²) in [6.07, 6.45) is 7.27. The molecule has 1 unspecified atom stereocenters. The van der Waals surface area contributed by atoms with E-state index in [0.29, 0.717) is 32.4 Å². The Bertz CT molecular complexity index is 524. The number of rotatable bonds is 3. The van der Waals surface area contributed by atoms with Crippen molar-refractivity contribution in [1.82, 2.24) is 15.1 Å². The van der Waals surface area contributed by atoms with Gasteiger partial charge in [0.1, 0.15) is 5.54 Å². The number of urea groups is 1. The molecule has 2 N–H and O–H groups in total. The van der Waals surface area contributed by atoms with Crippen LogP contribution in [0.4, 0.5) is 4.79 Å². The number of likely N-dealkylation sites (tertiary alicyclic amines) is 2. The molecule has 0 aromatic rings. The number of amides is 3. The van der Waals surface area contributed by atoms with Gasteiger partial charge in [-0.1, -0.05) is 19.3 Å². The van der Waals surface area contributed by atoms with Crippen LogP contribution in [0.3, 0.4) is 0 Å². The maximum Gasteiger partial charge on any atom is 0.329 e. The molecule has 0 aromatic carbocycles. The minimum atomic E-state index is -1.11. The molecule has 1 aliphatic carbocycles. The van der Waals surface area contributed by atoms with Crippen LogP contribution in [0.2, 0.25) is 0 Å². The number of aliphatic carboxylic acids is 1. The molecule has 1 atom stereocenters. The Kier molecular flexibility index (Phi) is 5.49. The zero-order chi connectivity index (χ0) is 17.9. The lowest BCUT2D eigenvalue weighted by molar-refractivity contribution is -0.150. The van der Waals surface area contributed by atoms with E-state index in [1.165, 1.54) is 0 Å². The predicted octanol–water partition coefficient (Wildman–Crippen LogP) is 1.82. The summed E-state index contributed by atoms with van der Waals surface area (Å²) in [5, 5.41) is 12.5. The van der Waals surface area contributed by atoms with Crippen LogP contribution < -0.4 is 5.32 Å². The summed E-state index contributed by atoms with van der Waals surface area (Å²) in [6.45, 7) is 2.68. The number of hydrogen-bond donors (Lipinski definition) is 2. The lowest BCUT2D eigenvalue weighted by Gasteiger charge is -2.38. The van der Waals surface area contributed by atoms with Crippen molar-refractivity contribution in [2.45, 2.75) is 63.3 Å². The molecule has 0 bridgehead atoms. The summed E-state index contributed by atoms with van der Waals surface area (Å²) in [4.78, 5) is 40.7. The van der Waals surface area contributed by atoms with Crippen LogP contribution in [0, 0.1) is 5.92 Å². The van der Waals surface area contributed by atoms with Gasteiger partial charge in [-0.3, -0.25) is 4.79 Å². The van der Waals surface area contributed by atoms with Crippen molar-refractivity contribution >= 4 is 17.9 Å². The van der Waals surface area contributed by atoms with Crippen LogP contribution in [0.5, 0.6) is 0 Å². The molecule has 2 aliphatic heterocycles. The smallest absolute Gasteiger partial charge is 0.329 e. The zero-order valence-electron chi connectivity index (χ0n) is 14.8. The summed E-state index contributed by atoms with van der Waals surface area (Å²) in [5.41, 5.74) is -1.11. The third kappa shape index (κ3) is 3.90. The van der Waals surface area contributed by atoms with E-state index in [0.717, 1.165) is 51.6 Å². The molecule has 3 amide bonds. The minimum Gasteiger partial charge on any atom is -0.480 e. The largest absolute Gasteiger partial charge is 0.480 e. The van der Waals surface area contributed by atoms with Crippen molar-refractivity contribution in [2.75, 3.05) is 26.2 Å². The lowest BCUT2D eigenvalue weighted by Crippen LogP contribution is -2.58. The van der Waals surface area contributed by atoms with Crippen molar-refractivity contribution < 1.29 is 19.5 Å². The fourth-order valence-electron chi connectivity index (χ4n) is 4.36. The van der Waals surface area contributed by atoms with E-state index in [9.17, 15) is 19.5 Å². The fraction of sp³-hybridized carbons (Fsp3) is 0.833. The first-order valence-electron chi connectivity index (χ1n) is 9.61. The molecule has 7 heteroatoms. The first-order chi connectivity index (χ1) is 12.0. The number of carboxylic acid groups (broad SMARTS) is 1. The molecule has 3 rings (SSSR count). The Hall–Kier alpha value is -1.79. The Morgan fingerprint density at radius 2 is 1.52 bits per heavy atom. The SMILES string of the molecule is O=C(NC1(C(=O)O)CCCCC1)C1CCCN(C(=O)N2CCCC2)C1. The van der Waals surface area contributed by atoms with Gasteiger partial charge in [0.05, 0.1) is 5.92 Å². The number of nitrogens with zero attached hydrogens (tertiary/aromatic N) is 2. The van der Waals surface area contributed by atoms with Gasteiger partial charge in [-0.05, 0) is 38.5 Å². The highest BCUT2D eigenvalue weighted by Gasteiger charge is 2.43. The van der Waals surface area contributed by atoms with E-state index in [-0.39, 0.29) is 17.9 Å². The number of piperidine rings is 1. The van der Waals surface area contributed by atoms with E-state index in [1.807, 2.05) is 4.90 Å². The first kappa shape index (κ1) is 18.0. The normalized spacial score (nSPS) is 26.3. The maximum absolute atomic E-state index is 12.7. The number of carbonyl (C=O) groups is 3. The van der Waals surface area contributed by atoms with Crippen LogP contribution in [-0.4, -0.2) is 64.5 Å². The number of carboxylic acids is 1. The van der Waals surface area contributed by atoms with Crippen molar-refractivity contribution in [3.63, 3.8) is 0 Å². The molecular weight excluding hydrogens is 322 g/mol.